The van der Waals surface area contributed by atoms with Gasteiger partial charge in [-0.1, -0.05) is 48.9 Å². The molecule has 3 atom stereocenters. The molecule has 11 heteroatoms. The number of aliphatic hydroxyl groups is 2. The highest BCUT2D eigenvalue weighted by atomic mass is 127. The summed E-state index contributed by atoms with van der Waals surface area (Å²) in [7, 11) is 0. The molecule has 0 aliphatic heterocycles. The number of halogens is 2. The van der Waals surface area contributed by atoms with Crippen LogP contribution in [0.2, 0.25) is 5.02 Å². The highest BCUT2D eigenvalue weighted by Gasteiger charge is 2.33. The number of amides is 1. The number of carbonyl (C=O) groups is 1. The molecule has 0 fully saturated rings. The third kappa shape index (κ3) is 6.64. The number of hydrogen-bond donors (Lipinski definition) is 5. The first-order chi connectivity index (χ1) is 18.7. The number of hydrogen-bond acceptors (Lipinski definition) is 6. The van der Waals surface area contributed by atoms with Gasteiger partial charge in [0.2, 0.25) is 11.8 Å². The molecule has 9 nitrogen and oxygen atoms in total. The lowest BCUT2D eigenvalue weighted by Crippen LogP contribution is -2.35. The zero-order valence-corrected chi connectivity index (χ0v) is 23.8. The van der Waals surface area contributed by atoms with Crippen LogP contribution >= 0.6 is 34.2 Å². The van der Waals surface area contributed by atoms with Crippen molar-refractivity contribution >= 4 is 45.8 Å². The molecule has 0 saturated carbocycles. The second kappa shape index (κ2) is 12.7. The topological polar surface area (TPSA) is 137 Å². The number of aromatic nitrogens is 2. The maximum atomic E-state index is 13.7. The molecule has 0 aliphatic rings. The molecule has 1 heterocycles. The fourth-order valence-electron chi connectivity index (χ4n) is 4.17. The first kappa shape index (κ1) is 28.7. The van der Waals surface area contributed by atoms with Crippen molar-refractivity contribution in [1.82, 2.24) is 9.55 Å². The van der Waals surface area contributed by atoms with E-state index in [1.807, 2.05) is 30.3 Å². The Hall–Kier alpha value is -3.32. The Labute approximate surface area is 243 Å². The van der Waals surface area contributed by atoms with Gasteiger partial charge in [-0.2, -0.15) is 0 Å². The molecule has 204 valence electrons. The number of ether oxygens (including phenoxy) is 1. The Balaban J connectivity index is 1.71. The minimum atomic E-state index is -1.12. The number of anilines is 1. The Kier molecular flexibility index (Phi) is 9.33. The predicted octanol–water partition coefficient (Wildman–Crippen LogP) is 4.52. The van der Waals surface area contributed by atoms with Gasteiger partial charge in [0.25, 0.3) is 0 Å². The van der Waals surface area contributed by atoms with Gasteiger partial charge in [0.1, 0.15) is 30.2 Å². The lowest BCUT2D eigenvalue weighted by Gasteiger charge is -2.25. The number of aromatic amines is 1. The molecule has 4 aromatic rings. The van der Waals surface area contributed by atoms with E-state index in [1.165, 1.54) is 0 Å². The van der Waals surface area contributed by atoms with Gasteiger partial charge in [0.15, 0.2) is 0 Å². The average Bonchev–Trinajstić information content (AvgIpc) is 3.23. The molecular formula is C28H27ClIN3O6. The Morgan fingerprint density at radius 2 is 1.82 bits per heavy atom. The van der Waals surface area contributed by atoms with Gasteiger partial charge in [-0.25, -0.2) is 9.36 Å². The molecule has 5 N–H and O–H groups in total. The summed E-state index contributed by atoms with van der Waals surface area (Å²) in [5.74, 6) is -1.00. The van der Waals surface area contributed by atoms with Crippen LogP contribution in [0.25, 0.3) is 11.3 Å². The van der Waals surface area contributed by atoms with Crippen LogP contribution in [-0.2, 0) is 4.79 Å². The van der Waals surface area contributed by atoms with Crippen molar-refractivity contribution in [2.75, 3.05) is 18.5 Å². The van der Waals surface area contributed by atoms with Gasteiger partial charge in [0, 0.05) is 15.1 Å². The van der Waals surface area contributed by atoms with Gasteiger partial charge in [-0.05, 0) is 70.6 Å². The predicted molar refractivity (Wildman–Crippen MR) is 157 cm³/mol. The Morgan fingerprint density at radius 3 is 2.46 bits per heavy atom. The molecule has 3 aromatic carbocycles. The summed E-state index contributed by atoms with van der Waals surface area (Å²) in [6, 6.07) is 19.8. The first-order valence-electron chi connectivity index (χ1n) is 12.1. The number of benzene rings is 3. The fourth-order valence-corrected chi connectivity index (χ4v) is 5.07. The molecule has 0 aliphatic carbocycles. The summed E-state index contributed by atoms with van der Waals surface area (Å²) in [6.45, 7) is 1.29. The minimum absolute atomic E-state index is 0.0902. The van der Waals surface area contributed by atoms with Gasteiger partial charge >= 0.3 is 5.69 Å². The molecule has 0 spiro atoms. The number of aliphatic hydroxyl groups excluding tert-OH is 2. The maximum Gasteiger partial charge on any atom is 0.329 e. The highest BCUT2D eigenvalue weighted by molar-refractivity contribution is 14.1. The Bertz CT molecular complexity index is 1490. The quantitative estimate of drug-likeness (QED) is 0.158. The van der Waals surface area contributed by atoms with Gasteiger partial charge < -0.3 is 30.4 Å². The molecule has 4 rings (SSSR count). The van der Waals surface area contributed by atoms with Crippen molar-refractivity contribution in [2.45, 2.75) is 25.0 Å². The van der Waals surface area contributed by atoms with E-state index >= 15 is 0 Å². The fraction of sp³-hybridized carbons (Fsp3) is 0.214. The summed E-state index contributed by atoms with van der Waals surface area (Å²) in [4.78, 5) is 29.6. The second-order valence-electron chi connectivity index (χ2n) is 8.93. The number of carbonyl (C=O) groups excluding carboxylic acids is 1. The summed E-state index contributed by atoms with van der Waals surface area (Å²) in [5.41, 5.74) is 1.13. The van der Waals surface area contributed by atoms with Gasteiger partial charge in [0.05, 0.1) is 17.3 Å². The number of nitrogens with zero attached hydrogens (tertiary/aromatic N) is 1. The van der Waals surface area contributed by atoms with E-state index in [0.717, 1.165) is 13.7 Å². The number of rotatable bonds is 10. The molecule has 1 aromatic heterocycles. The van der Waals surface area contributed by atoms with Crippen LogP contribution in [0.4, 0.5) is 5.69 Å². The van der Waals surface area contributed by atoms with E-state index in [-0.39, 0.29) is 12.3 Å². The van der Waals surface area contributed by atoms with Gasteiger partial charge in [-0.3, -0.25) is 4.79 Å². The van der Waals surface area contributed by atoms with Crippen molar-refractivity contribution in [3.63, 3.8) is 0 Å². The largest absolute Gasteiger partial charge is 0.493 e. The standard InChI is InChI=1S/C28H27ClIN3O6/c1-16(17-5-3-2-4-6-17)25(26(36)31-23-12-9-19(30)13-22(23)29)33-27(37)24(32-28(33)38)18-7-10-21(11-8-18)39-15-20(35)14-34/h2-13,16,20,25,34-35,37H,14-15H2,1H3,(H,31,36)(H,32,38)/t16-,20+,25-/m0/s1. The van der Waals surface area contributed by atoms with Crippen molar-refractivity contribution in [3.05, 3.63) is 97.4 Å². The van der Waals surface area contributed by atoms with Crippen LogP contribution in [0.3, 0.4) is 0 Å². The minimum Gasteiger partial charge on any atom is -0.493 e. The summed E-state index contributed by atoms with van der Waals surface area (Å²) >= 11 is 8.46. The van der Waals surface area contributed by atoms with Crippen LogP contribution in [0.1, 0.15) is 24.4 Å². The number of nitrogens with one attached hydrogen (secondary N) is 2. The number of imidazole rings is 1. The monoisotopic (exact) mass is 663 g/mol. The molecule has 0 bridgehead atoms. The van der Waals surface area contributed by atoms with Crippen molar-refractivity contribution in [3.8, 4) is 22.9 Å². The molecule has 0 saturated heterocycles. The maximum absolute atomic E-state index is 13.7. The molecule has 0 radical (unpaired) electrons. The molecule has 39 heavy (non-hydrogen) atoms. The van der Waals surface area contributed by atoms with Crippen LogP contribution < -0.4 is 15.7 Å². The zero-order chi connectivity index (χ0) is 28.1. The lowest BCUT2D eigenvalue weighted by atomic mass is 9.92. The summed E-state index contributed by atoms with van der Waals surface area (Å²) < 4.78 is 7.36. The van der Waals surface area contributed by atoms with Crippen LogP contribution in [0, 0.1) is 3.57 Å². The third-order valence-corrected chi connectivity index (χ3v) is 7.22. The lowest BCUT2D eigenvalue weighted by molar-refractivity contribution is -0.120. The van der Waals surface area contributed by atoms with Crippen LogP contribution in [0.5, 0.6) is 11.6 Å². The summed E-state index contributed by atoms with van der Waals surface area (Å²) in [6.07, 6.45) is -1.01. The summed E-state index contributed by atoms with van der Waals surface area (Å²) in [5, 5.41) is 32.8. The number of H-pyrrole nitrogens is 1. The molecule has 1 amide bonds. The van der Waals surface area contributed by atoms with Crippen molar-refractivity contribution in [2.24, 2.45) is 0 Å². The van der Waals surface area contributed by atoms with Crippen molar-refractivity contribution in [1.29, 1.82) is 0 Å². The van der Waals surface area contributed by atoms with E-state index in [9.17, 15) is 19.8 Å². The Morgan fingerprint density at radius 1 is 1.13 bits per heavy atom. The smallest absolute Gasteiger partial charge is 0.329 e. The van der Waals surface area contributed by atoms with E-state index in [4.69, 9.17) is 21.4 Å². The number of aromatic hydroxyl groups is 1. The van der Waals surface area contributed by atoms with Gasteiger partial charge in [-0.15, -0.1) is 0 Å². The molecular weight excluding hydrogens is 637 g/mol. The van der Waals surface area contributed by atoms with Crippen LogP contribution in [0.15, 0.2) is 77.6 Å². The third-order valence-electron chi connectivity index (χ3n) is 6.23. The normalized spacial score (nSPS) is 13.5. The van der Waals surface area contributed by atoms with Crippen LogP contribution in [-0.4, -0.2) is 50.1 Å². The van der Waals surface area contributed by atoms with E-state index in [1.54, 1.807) is 49.4 Å². The SMILES string of the molecule is C[C@@H](c1ccccc1)[C@@H](C(=O)Nc1ccc(I)cc1Cl)n1c(O)c(-c2ccc(OC[C@H](O)CO)cc2)[nH]c1=O. The van der Waals surface area contributed by atoms with E-state index in [2.05, 4.69) is 32.9 Å². The van der Waals surface area contributed by atoms with E-state index < -0.39 is 42.1 Å². The zero-order valence-electron chi connectivity index (χ0n) is 20.8. The average molecular weight is 664 g/mol. The van der Waals surface area contributed by atoms with E-state index in [0.29, 0.717) is 22.0 Å². The van der Waals surface area contributed by atoms with Crippen molar-refractivity contribution < 1.29 is 24.9 Å². The first-order valence-corrected chi connectivity index (χ1v) is 13.5. The highest BCUT2D eigenvalue weighted by Crippen LogP contribution is 2.36. The second-order valence-corrected chi connectivity index (χ2v) is 10.6. The molecule has 0 unspecified atom stereocenters.